The number of aromatic nitrogens is 2. The van der Waals surface area contributed by atoms with Crippen LogP contribution in [0.1, 0.15) is 0 Å². The van der Waals surface area contributed by atoms with E-state index in [1.807, 2.05) is 0 Å². The van der Waals surface area contributed by atoms with Gasteiger partial charge in [0, 0.05) is 6.20 Å². The maximum Gasteiger partial charge on any atom is 0.447 e. The third kappa shape index (κ3) is 2.46. The third-order valence-corrected chi connectivity index (χ3v) is 2.08. The molecule has 0 spiro atoms. The summed E-state index contributed by atoms with van der Waals surface area (Å²) in [6.45, 7) is 0. The monoisotopic (exact) mass is 246 g/mol. The van der Waals surface area contributed by atoms with Crippen molar-refractivity contribution in [1.29, 1.82) is 0 Å². The molecule has 2 N–H and O–H groups in total. The average Bonchev–Trinajstić information content (AvgIpc) is 2.83. The maximum absolute atomic E-state index is 11.8. The molecule has 0 saturated carbocycles. The Morgan fingerprint density at radius 3 is 2.56 bits per heavy atom. The van der Waals surface area contributed by atoms with E-state index in [4.69, 9.17) is 10.6 Å². The van der Waals surface area contributed by atoms with Crippen LogP contribution in [0.2, 0.25) is 0 Å². The summed E-state index contributed by atoms with van der Waals surface area (Å²) in [6.07, 6.45) is 3.22. The van der Waals surface area contributed by atoms with Gasteiger partial charge in [0.05, 0.1) is 11.9 Å². The number of primary amides is 1. The molecule has 1 heterocycles. The molecule has 2 aromatic rings. The van der Waals surface area contributed by atoms with Crippen LogP contribution in [0.4, 0.5) is 15.3 Å². The number of nitrogens with two attached hydrogens (primary N) is 1. The normalized spacial score (nSPS) is 9.78. The number of hydrogen-bond acceptors (Lipinski definition) is 4. The molecule has 1 aromatic carbocycles. The number of benzene rings is 1. The van der Waals surface area contributed by atoms with Crippen molar-refractivity contribution in [2.24, 2.45) is 5.73 Å². The Labute approximate surface area is 102 Å². The van der Waals surface area contributed by atoms with E-state index in [9.17, 15) is 9.59 Å². The van der Waals surface area contributed by atoms with Crippen LogP contribution < -0.4 is 15.5 Å². The predicted octanol–water partition coefficient (Wildman–Crippen LogP) is 1.02. The molecule has 2 rings (SSSR count). The van der Waals surface area contributed by atoms with Gasteiger partial charge in [0.1, 0.15) is 6.33 Å². The topological polar surface area (TPSA) is 90.5 Å². The first-order valence-electron chi connectivity index (χ1n) is 5.03. The molecule has 7 nitrogen and oxygen atoms in total. The van der Waals surface area contributed by atoms with Crippen LogP contribution in [-0.2, 0) is 0 Å². The number of imide groups is 1. The summed E-state index contributed by atoms with van der Waals surface area (Å²) in [5.74, 6) is 0. The van der Waals surface area contributed by atoms with Crippen LogP contribution in [0.3, 0.4) is 0 Å². The Balaban J connectivity index is 2.21. The van der Waals surface area contributed by atoms with Crippen LogP contribution in [0.15, 0.2) is 49.1 Å². The first-order chi connectivity index (χ1) is 8.68. The van der Waals surface area contributed by atoms with Gasteiger partial charge in [0.15, 0.2) is 0 Å². The fraction of sp³-hybridized carbons (Fsp3) is 0. The van der Waals surface area contributed by atoms with Crippen LogP contribution in [0.25, 0.3) is 0 Å². The molecule has 0 radical (unpaired) electrons. The number of urea groups is 1. The predicted molar refractivity (Wildman–Crippen MR) is 62.7 cm³/mol. The van der Waals surface area contributed by atoms with E-state index in [0.717, 1.165) is 9.63 Å². The van der Waals surface area contributed by atoms with E-state index < -0.39 is 12.1 Å². The minimum Gasteiger partial charge on any atom is -0.351 e. The third-order valence-electron chi connectivity index (χ3n) is 2.08. The summed E-state index contributed by atoms with van der Waals surface area (Å²) < 4.78 is 1.07. The molecule has 0 unspecified atom stereocenters. The molecule has 92 valence electrons. The Morgan fingerprint density at radius 2 is 2.00 bits per heavy atom. The summed E-state index contributed by atoms with van der Waals surface area (Å²) >= 11 is 0. The molecular weight excluding hydrogens is 236 g/mol. The highest BCUT2D eigenvalue weighted by molar-refractivity contribution is 6.10. The van der Waals surface area contributed by atoms with Crippen molar-refractivity contribution in [2.75, 3.05) is 4.90 Å². The number of amides is 3. The zero-order chi connectivity index (χ0) is 13.0. The van der Waals surface area contributed by atoms with Gasteiger partial charge < -0.3 is 10.6 Å². The van der Waals surface area contributed by atoms with E-state index in [1.165, 1.54) is 18.7 Å². The number of carbonyl (C=O) groups is 2. The lowest BCUT2D eigenvalue weighted by atomic mass is 10.3. The van der Waals surface area contributed by atoms with Crippen molar-refractivity contribution in [2.45, 2.75) is 0 Å². The van der Waals surface area contributed by atoms with Crippen LogP contribution in [0, 0.1) is 0 Å². The summed E-state index contributed by atoms with van der Waals surface area (Å²) in [4.78, 5) is 32.4. The minimum absolute atomic E-state index is 0.329. The molecule has 0 aliphatic carbocycles. The second-order valence-corrected chi connectivity index (χ2v) is 3.29. The second-order valence-electron chi connectivity index (χ2n) is 3.29. The van der Waals surface area contributed by atoms with Gasteiger partial charge in [-0.2, -0.15) is 9.63 Å². The number of hydrogen-bond donors (Lipinski definition) is 1. The van der Waals surface area contributed by atoms with E-state index >= 15 is 0 Å². The van der Waals surface area contributed by atoms with E-state index in [2.05, 4.69) is 4.98 Å². The van der Waals surface area contributed by atoms with Crippen molar-refractivity contribution >= 4 is 17.8 Å². The van der Waals surface area contributed by atoms with Crippen molar-refractivity contribution < 1.29 is 14.4 Å². The largest absolute Gasteiger partial charge is 0.447 e. The van der Waals surface area contributed by atoms with E-state index in [0.29, 0.717) is 5.69 Å². The number of carbonyl (C=O) groups excluding carboxylic acids is 2. The van der Waals surface area contributed by atoms with Gasteiger partial charge in [-0.05, 0) is 12.1 Å². The number of imidazole rings is 1. The highest BCUT2D eigenvalue weighted by Crippen LogP contribution is 2.13. The van der Waals surface area contributed by atoms with Gasteiger partial charge in [-0.15, -0.1) is 0 Å². The first-order valence-corrected chi connectivity index (χ1v) is 5.03. The Bertz CT molecular complexity index is 539. The number of nitrogens with zero attached hydrogens (tertiary/aromatic N) is 3. The molecule has 18 heavy (non-hydrogen) atoms. The van der Waals surface area contributed by atoms with Gasteiger partial charge in [-0.25, -0.2) is 14.6 Å². The van der Waals surface area contributed by atoms with Crippen molar-refractivity contribution in [3.8, 4) is 0 Å². The second kappa shape index (κ2) is 5.00. The molecule has 0 fully saturated rings. The van der Waals surface area contributed by atoms with E-state index in [1.54, 1.807) is 30.3 Å². The molecular formula is C11H10N4O3. The summed E-state index contributed by atoms with van der Waals surface area (Å²) in [7, 11) is 0. The Morgan fingerprint density at radius 1 is 1.28 bits per heavy atom. The minimum atomic E-state index is -0.925. The van der Waals surface area contributed by atoms with Gasteiger partial charge in [0.25, 0.3) is 0 Å². The fourth-order valence-corrected chi connectivity index (χ4v) is 1.33. The van der Waals surface area contributed by atoms with Crippen LogP contribution in [-0.4, -0.2) is 21.8 Å². The smallest absolute Gasteiger partial charge is 0.351 e. The maximum atomic E-state index is 11.8. The molecule has 0 aliphatic heterocycles. The highest BCUT2D eigenvalue weighted by Gasteiger charge is 2.23. The molecule has 7 heteroatoms. The zero-order valence-electron chi connectivity index (χ0n) is 9.26. The fourth-order valence-electron chi connectivity index (χ4n) is 1.33. The van der Waals surface area contributed by atoms with Gasteiger partial charge in [-0.3, -0.25) is 0 Å². The van der Waals surface area contributed by atoms with Gasteiger partial charge in [0.2, 0.25) is 0 Å². The number of anilines is 1. The highest BCUT2D eigenvalue weighted by atomic mass is 16.7. The average molecular weight is 246 g/mol. The molecule has 1 aromatic heterocycles. The summed E-state index contributed by atoms with van der Waals surface area (Å²) in [5.41, 5.74) is 5.49. The summed E-state index contributed by atoms with van der Waals surface area (Å²) in [6, 6.07) is 7.32. The lowest BCUT2D eigenvalue weighted by Gasteiger charge is -2.17. The molecule has 0 aliphatic rings. The zero-order valence-corrected chi connectivity index (χ0v) is 9.26. The summed E-state index contributed by atoms with van der Waals surface area (Å²) in [5, 5.41) is 0. The van der Waals surface area contributed by atoms with Gasteiger partial charge in [-0.1, -0.05) is 18.2 Å². The SMILES string of the molecule is NC(=O)N(C(=O)On1ccnc1)c1ccccc1. The lowest BCUT2D eigenvalue weighted by Crippen LogP contribution is -2.44. The van der Waals surface area contributed by atoms with Crippen molar-refractivity contribution in [1.82, 2.24) is 9.71 Å². The van der Waals surface area contributed by atoms with Crippen LogP contribution >= 0.6 is 0 Å². The van der Waals surface area contributed by atoms with Crippen molar-refractivity contribution in [3.63, 3.8) is 0 Å². The number of rotatable bonds is 2. The molecule has 3 amide bonds. The van der Waals surface area contributed by atoms with Crippen molar-refractivity contribution in [3.05, 3.63) is 49.1 Å². The van der Waals surface area contributed by atoms with Gasteiger partial charge >= 0.3 is 12.1 Å². The quantitative estimate of drug-likeness (QED) is 0.856. The number of para-hydroxylation sites is 1. The first kappa shape index (κ1) is 11.6. The molecule has 0 bridgehead atoms. The Kier molecular flexibility index (Phi) is 3.24. The molecule has 0 saturated heterocycles. The Hall–Kier alpha value is -2.83. The molecule has 0 atom stereocenters. The van der Waals surface area contributed by atoms with Crippen LogP contribution in [0.5, 0.6) is 0 Å². The standard InChI is InChI=1S/C11H10N4O3/c12-10(16)15(9-4-2-1-3-5-9)11(17)18-14-7-6-13-8-14/h1-8H,(H2,12,16). The lowest BCUT2D eigenvalue weighted by molar-refractivity contribution is 0.141. The van der Waals surface area contributed by atoms with E-state index in [-0.39, 0.29) is 0 Å².